The van der Waals surface area contributed by atoms with E-state index in [9.17, 15) is 22.8 Å². The average Bonchev–Trinajstić information content (AvgIpc) is 3.15. The normalized spacial score (nSPS) is 19.7. The summed E-state index contributed by atoms with van der Waals surface area (Å²) in [6.45, 7) is 6.64. The molecule has 7 nitrogen and oxygen atoms in total. The minimum atomic E-state index is -4.62. The van der Waals surface area contributed by atoms with Crippen molar-refractivity contribution in [3.8, 4) is 0 Å². The highest BCUT2D eigenvalue weighted by Gasteiger charge is 2.33. The SMILES string of the molecule is CC(C)(C)[C@H]1CC[C@@H](NC(=O)c2nnsc2NC(=O)c2cncc(C(F)(F)F)c2)CC1. The lowest BCUT2D eigenvalue weighted by Gasteiger charge is -2.37. The lowest BCUT2D eigenvalue weighted by atomic mass is 9.71. The number of pyridine rings is 1. The van der Waals surface area contributed by atoms with Crippen molar-refractivity contribution in [3.05, 3.63) is 35.3 Å². The number of rotatable bonds is 4. The number of halogens is 3. The maximum Gasteiger partial charge on any atom is 0.417 e. The Morgan fingerprint density at radius 2 is 1.74 bits per heavy atom. The molecule has 2 heterocycles. The molecule has 0 aliphatic heterocycles. The third-order valence-corrected chi connectivity index (χ3v) is 6.19. The molecule has 0 aromatic carbocycles. The van der Waals surface area contributed by atoms with Crippen LogP contribution in [-0.2, 0) is 6.18 Å². The summed E-state index contributed by atoms with van der Waals surface area (Å²) in [6, 6.07) is 0.702. The van der Waals surface area contributed by atoms with Gasteiger partial charge in [0.05, 0.1) is 11.1 Å². The minimum absolute atomic E-state index is 0.00372. The van der Waals surface area contributed by atoms with Crippen LogP contribution in [0.4, 0.5) is 18.2 Å². The highest BCUT2D eigenvalue weighted by atomic mass is 32.1. The lowest BCUT2D eigenvalue weighted by molar-refractivity contribution is -0.137. The highest BCUT2D eigenvalue weighted by molar-refractivity contribution is 7.10. The Hall–Kier alpha value is -2.56. The molecule has 0 spiro atoms. The number of nitrogens with one attached hydrogen (secondary N) is 2. The first-order chi connectivity index (χ1) is 14.4. The van der Waals surface area contributed by atoms with Crippen LogP contribution in [0.3, 0.4) is 0 Å². The predicted octanol–water partition coefficient (Wildman–Crippen LogP) is 4.54. The first kappa shape index (κ1) is 23.1. The Balaban J connectivity index is 1.63. The molecule has 11 heteroatoms. The first-order valence-electron chi connectivity index (χ1n) is 9.92. The van der Waals surface area contributed by atoms with Gasteiger partial charge in [0.2, 0.25) is 0 Å². The predicted molar refractivity (Wildman–Crippen MR) is 110 cm³/mol. The molecule has 168 valence electrons. The Morgan fingerprint density at radius 3 is 2.35 bits per heavy atom. The first-order valence-corrected chi connectivity index (χ1v) is 10.7. The van der Waals surface area contributed by atoms with Crippen LogP contribution < -0.4 is 10.6 Å². The van der Waals surface area contributed by atoms with Gasteiger partial charge in [0.25, 0.3) is 11.8 Å². The standard InChI is InChI=1S/C20H24F3N5O2S/c1-19(2,3)12-4-6-14(7-5-12)25-17(30)15-18(31-28-27-15)26-16(29)11-8-13(10-24-9-11)20(21,22)23/h8-10,12,14H,4-7H2,1-3H3,(H,25,30)(H,26,29)/t12-,14+. The molecule has 31 heavy (non-hydrogen) atoms. The number of anilines is 1. The fraction of sp³-hybridized carbons (Fsp3) is 0.550. The van der Waals surface area contributed by atoms with Gasteiger partial charge in [0, 0.05) is 30.0 Å². The van der Waals surface area contributed by atoms with Gasteiger partial charge < -0.3 is 10.6 Å². The van der Waals surface area contributed by atoms with E-state index < -0.39 is 23.6 Å². The van der Waals surface area contributed by atoms with Gasteiger partial charge >= 0.3 is 6.18 Å². The van der Waals surface area contributed by atoms with Crippen LogP contribution in [0.25, 0.3) is 0 Å². The molecule has 1 aliphatic carbocycles. The number of hydrogen-bond acceptors (Lipinski definition) is 6. The molecule has 3 rings (SSSR count). The van der Waals surface area contributed by atoms with Gasteiger partial charge in [-0.05, 0) is 43.1 Å². The molecule has 2 N–H and O–H groups in total. The topological polar surface area (TPSA) is 96.9 Å². The Labute approximate surface area is 182 Å². The molecule has 0 bridgehead atoms. The zero-order valence-electron chi connectivity index (χ0n) is 17.4. The van der Waals surface area contributed by atoms with Gasteiger partial charge in [0.1, 0.15) is 5.00 Å². The van der Waals surface area contributed by atoms with Crippen LogP contribution >= 0.6 is 11.5 Å². The van der Waals surface area contributed by atoms with Crippen molar-refractivity contribution in [2.24, 2.45) is 11.3 Å². The van der Waals surface area contributed by atoms with Crippen molar-refractivity contribution >= 4 is 28.3 Å². The van der Waals surface area contributed by atoms with Crippen molar-refractivity contribution < 1.29 is 22.8 Å². The summed E-state index contributed by atoms with van der Waals surface area (Å²) in [7, 11) is 0. The van der Waals surface area contributed by atoms with E-state index in [1.165, 1.54) is 0 Å². The third kappa shape index (κ3) is 5.78. The summed E-state index contributed by atoms with van der Waals surface area (Å²) in [5.74, 6) is -0.702. The number of nitrogens with zero attached hydrogens (tertiary/aromatic N) is 3. The number of amides is 2. The molecule has 0 atom stereocenters. The summed E-state index contributed by atoms with van der Waals surface area (Å²) in [4.78, 5) is 28.5. The van der Waals surface area contributed by atoms with Crippen molar-refractivity contribution in [1.82, 2.24) is 19.9 Å². The fourth-order valence-electron chi connectivity index (χ4n) is 3.67. The Kier molecular flexibility index (Phi) is 6.63. The van der Waals surface area contributed by atoms with Crippen LogP contribution in [0, 0.1) is 11.3 Å². The smallest absolute Gasteiger partial charge is 0.348 e. The van der Waals surface area contributed by atoms with Crippen molar-refractivity contribution in [3.63, 3.8) is 0 Å². The van der Waals surface area contributed by atoms with Crippen LogP contribution in [0.1, 0.15) is 72.9 Å². The van der Waals surface area contributed by atoms with Gasteiger partial charge in [0.15, 0.2) is 5.69 Å². The van der Waals surface area contributed by atoms with E-state index in [1.54, 1.807) is 0 Å². The van der Waals surface area contributed by atoms with Gasteiger partial charge in [-0.3, -0.25) is 14.6 Å². The summed E-state index contributed by atoms with van der Waals surface area (Å²) in [5, 5.41) is 9.20. The number of hydrogen-bond donors (Lipinski definition) is 2. The third-order valence-electron chi connectivity index (χ3n) is 5.55. The summed E-state index contributed by atoms with van der Waals surface area (Å²) in [5.41, 5.74) is -1.15. The van der Waals surface area contributed by atoms with E-state index in [-0.39, 0.29) is 27.7 Å². The number of aromatic nitrogens is 3. The molecule has 2 aromatic rings. The summed E-state index contributed by atoms with van der Waals surface area (Å²) in [6.07, 6.45) is 0.759. The average molecular weight is 456 g/mol. The van der Waals surface area contributed by atoms with E-state index in [0.29, 0.717) is 18.2 Å². The summed E-state index contributed by atoms with van der Waals surface area (Å²) >= 11 is 0.780. The number of carbonyl (C=O) groups is 2. The van der Waals surface area contributed by atoms with Gasteiger partial charge in [-0.2, -0.15) is 13.2 Å². The quantitative estimate of drug-likeness (QED) is 0.706. The summed E-state index contributed by atoms with van der Waals surface area (Å²) < 4.78 is 42.2. The maximum atomic E-state index is 12.8. The largest absolute Gasteiger partial charge is 0.417 e. The van der Waals surface area contributed by atoms with Crippen LogP contribution in [0.5, 0.6) is 0 Å². The van der Waals surface area contributed by atoms with E-state index >= 15 is 0 Å². The zero-order chi connectivity index (χ0) is 22.8. The van der Waals surface area contributed by atoms with Gasteiger partial charge in [-0.1, -0.05) is 25.3 Å². The zero-order valence-corrected chi connectivity index (χ0v) is 18.2. The molecule has 0 radical (unpaired) electrons. The molecule has 2 amide bonds. The minimum Gasteiger partial charge on any atom is -0.348 e. The maximum absolute atomic E-state index is 12.8. The van der Waals surface area contributed by atoms with E-state index in [1.807, 2.05) is 0 Å². The second kappa shape index (κ2) is 8.89. The second-order valence-corrected chi connectivity index (χ2v) is 9.51. The van der Waals surface area contributed by atoms with Crippen molar-refractivity contribution in [2.45, 2.75) is 58.7 Å². The van der Waals surface area contributed by atoms with E-state index in [4.69, 9.17) is 0 Å². The molecule has 0 unspecified atom stereocenters. The van der Waals surface area contributed by atoms with E-state index in [0.717, 1.165) is 43.4 Å². The molecule has 2 aromatic heterocycles. The van der Waals surface area contributed by atoms with Crippen LogP contribution in [0.15, 0.2) is 18.5 Å². The number of alkyl halides is 3. The fourth-order valence-corrected chi connectivity index (χ4v) is 4.24. The van der Waals surface area contributed by atoms with Crippen molar-refractivity contribution in [1.29, 1.82) is 0 Å². The van der Waals surface area contributed by atoms with Gasteiger partial charge in [-0.25, -0.2) is 0 Å². The van der Waals surface area contributed by atoms with Crippen LogP contribution in [0.2, 0.25) is 0 Å². The Bertz CT molecular complexity index is 947. The lowest BCUT2D eigenvalue weighted by Crippen LogP contribution is -2.39. The second-order valence-electron chi connectivity index (χ2n) is 8.75. The molecule has 1 saturated carbocycles. The monoisotopic (exact) mass is 455 g/mol. The molecule has 0 saturated heterocycles. The highest BCUT2D eigenvalue weighted by Crippen LogP contribution is 2.38. The molecular weight excluding hydrogens is 431 g/mol. The molecular formula is C20H24F3N5O2S. The Morgan fingerprint density at radius 1 is 1.06 bits per heavy atom. The van der Waals surface area contributed by atoms with Gasteiger partial charge in [-0.15, -0.1) is 5.10 Å². The van der Waals surface area contributed by atoms with E-state index in [2.05, 4.69) is 46.0 Å². The van der Waals surface area contributed by atoms with Crippen molar-refractivity contribution in [2.75, 3.05) is 5.32 Å². The molecule has 1 aliphatic rings. The molecule has 1 fully saturated rings. The van der Waals surface area contributed by atoms with Crippen LogP contribution in [-0.4, -0.2) is 32.4 Å². The number of carbonyl (C=O) groups excluding carboxylic acids is 2.